The van der Waals surface area contributed by atoms with E-state index in [2.05, 4.69) is 6.92 Å². The van der Waals surface area contributed by atoms with E-state index in [-0.39, 0.29) is 0 Å². The average Bonchev–Trinajstić information content (AvgIpc) is 2.43. The second-order valence-corrected chi connectivity index (χ2v) is 1.49. The molecule has 1 nitrogen and oxygen atoms in total. The van der Waals surface area contributed by atoms with Gasteiger partial charge in [0.05, 0.1) is 12.5 Å². The molecule has 0 fully saturated rings. The summed E-state index contributed by atoms with van der Waals surface area (Å²) in [7, 11) is 0. The zero-order valence-electron chi connectivity index (χ0n) is 6.35. The quantitative estimate of drug-likeness (QED) is 0.564. The smallest absolute Gasteiger partial charge is 0.0934 e. The van der Waals surface area contributed by atoms with Crippen LogP contribution in [0.25, 0.3) is 0 Å². The molecular weight excluding hydrogens is 112 g/mol. The Morgan fingerprint density at radius 3 is 2.33 bits per heavy atom. The Kier molecular flexibility index (Phi) is 4.98. The Hall–Kier alpha value is -0.720. The Balaban J connectivity index is 0.000000291. The number of hydrogen-bond donors (Lipinski definition) is 0. The molecule has 0 radical (unpaired) electrons. The minimum atomic E-state index is 1.07. The Morgan fingerprint density at radius 1 is 1.44 bits per heavy atom. The highest BCUT2D eigenvalue weighted by Crippen LogP contribution is 1.98. The van der Waals surface area contributed by atoms with E-state index in [9.17, 15) is 0 Å². The Morgan fingerprint density at radius 2 is 2.11 bits per heavy atom. The Labute approximate surface area is 56.7 Å². The van der Waals surface area contributed by atoms with Crippen LogP contribution in [0.15, 0.2) is 23.0 Å². The van der Waals surface area contributed by atoms with Crippen molar-refractivity contribution in [2.45, 2.75) is 27.2 Å². The van der Waals surface area contributed by atoms with Crippen molar-refractivity contribution >= 4 is 0 Å². The van der Waals surface area contributed by atoms with Gasteiger partial charge < -0.3 is 4.42 Å². The van der Waals surface area contributed by atoms with Gasteiger partial charge in [-0.1, -0.05) is 20.8 Å². The summed E-state index contributed by atoms with van der Waals surface area (Å²) in [5, 5.41) is 0. The third-order valence-electron chi connectivity index (χ3n) is 0.988. The van der Waals surface area contributed by atoms with Crippen LogP contribution in [0.1, 0.15) is 26.3 Å². The summed E-state index contributed by atoms with van der Waals surface area (Å²) in [5.74, 6) is 0. The van der Waals surface area contributed by atoms with Gasteiger partial charge in [0.1, 0.15) is 0 Å². The molecule has 0 aliphatic carbocycles. The van der Waals surface area contributed by atoms with Gasteiger partial charge in [0.25, 0.3) is 0 Å². The van der Waals surface area contributed by atoms with E-state index < -0.39 is 0 Å². The SMILES string of the molecule is CC.CCc1ccoc1. The summed E-state index contributed by atoms with van der Waals surface area (Å²) < 4.78 is 4.81. The maximum atomic E-state index is 4.81. The first kappa shape index (κ1) is 8.28. The van der Waals surface area contributed by atoms with Crippen molar-refractivity contribution in [3.8, 4) is 0 Å². The van der Waals surface area contributed by atoms with Crippen LogP contribution < -0.4 is 0 Å². The molecule has 0 amide bonds. The maximum absolute atomic E-state index is 4.81. The van der Waals surface area contributed by atoms with Crippen molar-refractivity contribution in [1.82, 2.24) is 0 Å². The number of furan rings is 1. The molecule has 52 valence electrons. The second-order valence-electron chi connectivity index (χ2n) is 1.49. The molecule has 0 N–H and O–H groups in total. The van der Waals surface area contributed by atoms with Gasteiger partial charge in [0.15, 0.2) is 0 Å². The monoisotopic (exact) mass is 126 g/mol. The van der Waals surface area contributed by atoms with E-state index >= 15 is 0 Å². The fourth-order valence-electron chi connectivity index (χ4n) is 0.494. The molecule has 1 heterocycles. The van der Waals surface area contributed by atoms with Crippen LogP contribution in [-0.4, -0.2) is 0 Å². The van der Waals surface area contributed by atoms with Gasteiger partial charge in [-0.15, -0.1) is 0 Å². The van der Waals surface area contributed by atoms with Crippen LogP contribution in [0, 0.1) is 0 Å². The van der Waals surface area contributed by atoms with Crippen LogP contribution in [0.5, 0.6) is 0 Å². The van der Waals surface area contributed by atoms with E-state index in [0.29, 0.717) is 0 Å². The van der Waals surface area contributed by atoms with Crippen molar-refractivity contribution in [3.05, 3.63) is 24.2 Å². The summed E-state index contributed by atoms with van der Waals surface area (Å²) >= 11 is 0. The predicted octanol–water partition coefficient (Wildman–Crippen LogP) is 2.87. The summed E-state index contributed by atoms with van der Waals surface area (Å²) in [6.07, 6.45) is 4.52. The minimum absolute atomic E-state index is 1.07. The van der Waals surface area contributed by atoms with Gasteiger partial charge in [-0.05, 0) is 18.1 Å². The normalized spacial score (nSPS) is 7.89. The molecule has 0 atom stereocenters. The van der Waals surface area contributed by atoms with E-state index in [1.165, 1.54) is 5.56 Å². The van der Waals surface area contributed by atoms with Crippen LogP contribution in [0.3, 0.4) is 0 Å². The summed E-state index contributed by atoms with van der Waals surface area (Å²) in [5.41, 5.74) is 1.26. The molecule has 0 spiro atoms. The molecule has 0 aliphatic rings. The molecule has 0 saturated heterocycles. The fourth-order valence-corrected chi connectivity index (χ4v) is 0.494. The van der Waals surface area contributed by atoms with Crippen molar-refractivity contribution < 1.29 is 4.42 Å². The molecular formula is C8H14O. The first-order chi connectivity index (χ1) is 4.43. The minimum Gasteiger partial charge on any atom is -0.472 e. The average molecular weight is 126 g/mol. The predicted molar refractivity (Wildman–Crippen MR) is 39.4 cm³/mol. The molecule has 0 saturated carbocycles. The lowest BCUT2D eigenvalue weighted by atomic mass is 10.3. The highest BCUT2D eigenvalue weighted by molar-refractivity contribution is 5.03. The van der Waals surface area contributed by atoms with E-state index in [1.54, 1.807) is 12.5 Å². The van der Waals surface area contributed by atoms with Crippen LogP contribution in [0.2, 0.25) is 0 Å². The maximum Gasteiger partial charge on any atom is 0.0934 e. The van der Waals surface area contributed by atoms with Crippen LogP contribution in [0.4, 0.5) is 0 Å². The highest BCUT2D eigenvalue weighted by Gasteiger charge is 1.83. The van der Waals surface area contributed by atoms with Gasteiger partial charge in [0, 0.05) is 0 Å². The molecule has 1 heteroatoms. The summed E-state index contributed by atoms with van der Waals surface area (Å²) in [6, 6.07) is 1.97. The molecule has 1 rings (SSSR count). The summed E-state index contributed by atoms with van der Waals surface area (Å²) in [6.45, 7) is 6.10. The van der Waals surface area contributed by atoms with Gasteiger partial charge in [-0.3, -0.25) is 0 Å². The van der Waals surface area contributed by atoms with Gasteiger partial charge in [-0.2, -0.15) is 0 Å². The zero-order chi connectivity index (χ0) is 7.11. The van der Waals surface area contributed by atoms with Crippen molar-refractivity contribution in [1.29, 1.82) is 0 Å². The zero-order valence-corrected chi connectivity index (χ0v) is 6.35. The van der Waals surface area contributed by atoms with Crippen LogP contribution >= 0.6 is 0 Å². The molecule has 0 bridgehead atoms. The molecule has 0 aliphatic heterocycles. The lowest BCUT2D eigenvalue weighted by Crippen LogP contribution is -1.66. The lowest BCUT2D eigenvalue weighted by Gasteiger charge is -1.76. The second kappa shape index (κ2) is 5.42. The van der Waals surface area contributed by atoms with Crippen LogP contribution in [-0.2, 0) is 6.42 Å². The van der Waals surface area contributed by atoms with E-state index in [1.807, 2.05) is 19.9 Å². The fraction of sp³-hybridized carbons (Fsp3) is 0.500. The lowest BCUT2D eigenvalue weighted by molar-refractivity contribution is 0.564. The summed E-state index contributed by atoms with van der Waals surface area (Å²) in [4.78, 5) is 0. The molecule has 1 aromatic rings. The van der Waals surface area contributed by atoms with Gasteiger partial charge in [-0.25, -0.2) is 0 Å². The Bertz CT molecular complexity index is 119. The molecule has 1 aromatic heterocycles. The van der Waals surface area contributed by atoms with Crippen molar-refractivity contribution in [2.24, 2.45) is 0 Å². The van der Waals surface area contributed by atoms with Gasteiger partial charge >= 0.3 is 0 Å². The molecule has 0 unspecified atom stereocenters. The number of aryl methyl sites for hydroxylation is 1. The van der Waals surface area contributed by atoms with Crippen molar-refractivity contribution in [2.75, 3.05) is 0 Å². The van der Waals surface area contributed by atoms with E-state index in [0.717, 1.165) is 6.42 Å². The topological polar surface area (TPSA) is 13.1 Å². The highest BCUT2D eigenvalue weighted by atomic mass is 16.3. The third-order valence-corrected chi connectivity index (χ3v) is 0.988. The standard InChI is InChI=1S/C6H8O.C2H6/c1-2-6-3-4-7-5-6;1-2/h3-5H,2H2,1H3;1-2H3. The molecule has 9 heavy (non-hydrogen) atoms. The number of rotatable bonds is 1. The van der Waals surface area contributed by atoms with Crippen molar-refractivity contribution in [3.63, 3.8) is 0 Å². The number of hydrogen-bond acceptors (Lipinski definition) is 1. The first-order valence-electron chi connectivity index (χ1n) is 3.44. The largest absolute Gasteiger partial charge is 0.472 e. The van der Waals surface area contributed by atoms with E-state index in [4.69, 9.17) is 4.42 Å². The first-order valence-corrected chi connectivity index (χ1v) is 3.44. The third kappa shape index (κ3) is 2.96. The molecule has 0 aromatic carbocycles. The van der Waals surface area contributed by atoms with Gasteiger partial charge in [0.2, 0.25) is 0 Å².